The summed E-state index contributed by atoms with van der Waals surface area (Å²) >= 11 is 0. The fraction of sp³-hybridized carbons (Fsp3) is 0.784. The molecule has 0 bridgehead atoms. The molecule has 2 N–H and O–H groups in total. The van der Waals surface area contributed by atoms with E-state index in [2.05, 4.69) is 30.5 Å². The molecule has 0 aliphatic heterocycles. The average molecular weight is 671 g/mol. The fourth-order valence-electron chi connectivity index (χ4n) is 4.99. The molecule has 1 atom stereocenters. The lowest BCUT2D eigenvalue weighted by atomic mass is 10.1. The first-order chi connectivity index (χ1) is 22.3. The molecule has 0 radical (unpaired) electrons. The normalized spacial score (nSPS) is 12.9. The smallest absolute Gasteiger partial charge is 0.458 e. The van der Waals surface area contributed by atoms with Gasteiger partial charge in [0.2, 0.25) is 0 Å². The fourth-order valence-corrected chi connectivity index (χ4v) is 5.35. The Morgan fingerprint density at radius 1 is 0.609 bits per heavy atom. The van der Waals surface area contributed by atoms with Gasteiger partial charge in [-0.15, -0.1) is 0 Å². The van der Waals surface area contributed by atoms with Gasteiger partial charge in [0, 0.05) is 12.5 Å². The topological polar surface area (TPSA) is 119 Å². The predicted octanol–water partition coefficient (Wildman–Crippen LogP) is 10.6. The second-order valence-corrected chi connectivity index (χ2v) is 13.5. The standard InChI is InChI=1S/C37H67O8P/c1-3-5-7-9-11-13-15-17-18-20-21-23-25-27-29-31-36(38)43-33-35(34-44-46(40,41)42)45-37(39)32-30-28-26-24-22-19-16-14-12-10-8-6-4-2/h19,22,25,27,29,31,35H,3-18,20-21,23-24,26,28,30,32-34H2,1-2H3,(H2,40,41,42)/b22-19+,27-25+,31-29+/t35-/m1/s1. The highest BCUT2D eigenvalue weighted by Gasteiger charge is 2.22. The van der Waals surface area contributed by atoms with Crippen molar-refractivity contribution in [1.82, 2.24) is 0 Å². The minimum atomic E-state index is -4.77. The van der Waals surface area contributed by atoms with E-state index in [0.717, 1.165) is 38.5 Å². The maximum atomic E-state index is 12.3. The molecule has 0 aromatic heterocycles. The van der Waals surface area contributed by atoms with Gasteiger partial charge in [0.15, 0.2) is 6.10 Å². The zero-order valence-corrected chi connectivity index (χ0v) is 30.1. The molecule has 268 valence electrons. The summed E-state index contributed by atoms with van der Waals surface area (Å²) in [5.41, 5.74) is 0. The summed E-state index contributed by atoms with van der Waals surface area (Å²) in [5, 5.41) is 0. The van der Waals surface area contributed by atoms with Gasteiger partial charge in [-0.3, -0.25) is 9.32 Å². The number of rotatable bonds is 33. The van der Waals surface area contributed by atoms with Crippen LogP contribution in [0.15, 0.2) is 36.5 Å². The summed E-state index contributed by atoms with van der Waals surface area (Å²) < 4.78 is 26.1. The monoisotopic (exact) mass is 670 g/mol. The number of esters is 2. The van der Waals surface area contributed by atoms with Gasteiger partial charge in [-0.25, -0.2) is 9.36 Å². The van der Waals surface area contributed by atoms with E-state index < -0.39 is 32.5 Å². The van der Waals surface area contributed by atoms with Crippen LogP contribution in [0.3, 0.4) is 0 Å². The zero-order chi connectivity index (χ0) is 34.0. The SMILES string of the molecule is CCCCCCCC/C=C/CCCCCC(=O)O[C@H](COC(=O)/C=C/C=C/CCCCCCCCCCCCC)COP(=O)(O)O. The number of unbranched alkanes of at least 4 members (excludes halogenated alkanes) is 20. The molecule has 0 saturated carbocycles. The van der Waals surface area contributed by atoms with Gasteiger partial charge in [0.1, 0.15) is 6.61 Å². The van der Waals surface area contributed by atoms with Crippen LogP contribution in [0.5, 0.6) is 0 Å². The number of allylic oxidation sites excluding steroid dienone is 5. The Hall–Kier alpha value is -1.73. The summed E-state index contributed by atoms with van der Waals surface area (Å²) in [7, 11) is -4.77. The number of phosphoric acid groups is 1. The number of hydrogen-bond donors (Lipinski definition) is 2. The van der Waals surface area contributed by atoms with Gasteiger partial charge >= 0.3 is 19.8 Å². The molecule has 0 rings (SSSR count). The lowest BCUT2D eigenvalue weighted by Crippen LogP contribution is -2.29. The van der Waals surface area contributed by atoms with Crippen molar-refractivity contribution in [3.63, 3.8) is 0 Å². The van der Waals surface area contributed by atoms with Crippen molar-refractivity contribution in [3.05, 3.63) is 36.5 Å². The molecule has 0 fully saturated rings. The highest BCUT2D eigenvalue weighted by molar-refractivity contribution is 7.46. The third-order valence-corrected chi connectivity index (χ3v) is 8.22. The van der Waals surface area contributed by atoms with Crippen LogP contribution >= 0.6 is 7.82 Å². The first-order valence-electron chi connectivity index (χ1n) is 18.3. The van der Waals surface area contributed by atoms with E-state index in [-0.39, 0.29) is 13.0 Å². The molecule has 46 heavy (non-hydrogen) atoms. The van der Waals surface area contributed by atoms with Gasteiger partial charge in [-0.05, 0) is 44.9 Å². The van der Waals surface area contributed by atoms with Crippen LogP contribution in [0.2, 0.25) is 0 Å². The van der Waals surface area contributed by atoms with Crippen molar-refractivity contribution in [2.45, 2.75) is 174 Å². The molecule has 0 amide bonds. The Balaban J connectivity index is 4.11. The van der Waals surface area contributed by atoms with Gasteiger partial charge in [0.05, 0.1) is 6.61 Å². The lowest BCUT2D eigenvalue weighted by molar-refractivity contribution is -0.159. The minimum Gasteiger partial charge on any atom is -0.458 e. The summed E-state index contributed by atoms with van der Waals surface area (Å²) in [4.78, 5) is 42.5. The minimum absolute atomic E-state index is 0.172. The molecule has 0 aliphatic carbocycles. The second kappa shape index (κ2) is 33.2. The lowest BCUT2D eigenvalue weighted by Gasteiger charge is -2.18. The molecule has 0 spiro atoms. The second-order valence-electron chi connectivity index (χ2n) is 12.3. The molecular formula is C37H67O8P. The summed E-state index contributed by atoms with van der Waals surface area (Å²) in [6, 6.07) is 0. The van der Waals surface area contributed by atoms with Crippen LogP contribution in [-0.4, -0.2) is 41.0 Å². The molecular weight excluding hydrogens is 603 g/mol. The number of carbonyl (C=O) groups excluding carboxylic acids is 2. The van der Waals surface area contributed by atoms with Gasteiger partial charge < -0.3 is 19.3 Å². The van der Waals surface area contributed by atoms with E-state index >= 15 is 0 Å². The molecule has 9 heteroatoms. The van der Waals surface area contributed by atoms with Crippen LogP contribution in [0.25, 0.3) is 0 Å². The van der Waals surface area contributed by atoms with Crippen LogP contribution in [0, 0.1) is 0 Å². The largest absolute Gasteiger partial charge is 0.469 e. The van der Waals surface area contributed by atoms with Crippen LogP contribution < -0.4 is 0 Å². The molecule has 0 heterocycles. The van der Waals surface area contributed by atoms with Crippen LogP contribution in [0.4, 0.5) is 0 Å². The maximum Gasteiger partial charge on any atom is 0.469 e. The summed E-state index contributed by atoms with van der Waals surface area (Å²) in [6.07, 6.45) is 37.8. The molecule has 8 nitrogen and oxygen atoms in total. The van der Waals surface area contributed by atoms with Crippen molar-refractivity contribution in [2.75, 3.05) is 13.2 Å². The first kappa shape index (κ1) is 44.3. The molecule has 0 saturated heterocycles. The highest BCUT2D eigenvalue weighted by atomic mass is 31.2. The number of hydrogen-bond acceptors (Lipinski definition) is 6. The van der Waals surface area contributed by atoms with Gasteiger partial charge in [0.25, 0.3) is 0 Å². The average Bonchev–Trinajstić information content (AvgIpc) is 3.02. The van der Waals surface area contributed by atoms with E-state index in [9.17, 15) is 14.2 Å². The summed E-state index contributed by atoms with van der Waals surface area (Å²) in [6.45, 7) is 3.54. The number of ether oxygens (including phenoxy) is 2. The van der Waals surface area contributed by atoms with E-state index in [1.165, 1.54) is 109 Å². The van der Waals surface area contributed by atoms with Crippen LogP contribution in [-0.2, 0) is 28.2 Å². The van der Waals surface area contributed by atoms with Crippen molar-refractivity contribution >= 4 is 19.8 Å². The van der Waals surface area contributed by atoms with Crippen molar-refractivity contribution < 1.29 is 37.9 Å². The first-order valence-corrected chi connectivity index (χ1v) is 19.9. The number of phosphoric ester groups is 1. The molecule has 0 unspecified atom stereocenters. The molecule has 0 aromatic carbocycles. The predicted molar refractivity (Wildman–Crippen MR) is 188 cm³/mol. The Labute approximate surface area is 281 Å². The Bertz CT molecular complexity index is 848. The van der Waals surface area contributed by atoms with Crippen molar-refractivity contribution in [2.24, 2.45) is 0 Å². The zero-order valence-electron chi connectivity index (χ0n) is 29.2. The molecule has 0 aromatic rings. The van der Waals surface area contributed by atoms with E-state index in [1.807, 2.05) is 6.08 Å². The van der Waals surface area contributed by atoms with E-state index in [0.29, 0.717) is 6.42 Å². The van der Waals surface area contributed by atoms with E-state index in [4.69, 9.17) is 19.3 Å². The summed E-state index contributed by atoms with van der Waals surface area (Å²) in [5.74, 6) is -1.16. The molecule has 0 aliphatic rings. The number of carbonyl (C=O) groups is 2. The third-order valence-electron chi connectivity index (χ3n) is 7.73. The van der Waals surface area contributed by atoms with Gasteiger partial charge in [-0.2, -0.15) is 0 Å². The van der Waals surface area contributed by atoms with Gasteiger partial charge in [-0.1, -0.05) is 147 Å². The highest BCUT2D eigenvalue weighted by Crippen LogP contribution is 2.35. The Morgan fingerprint density at radius 2 is 1.07 bits per heavy atom. The van der Waals surface area contributed by atoms with Crippen LogP contribution in [0.1, 0.15) is 168 Å². The Morgan fingerprint density at radius 3 is 1.57 bits per heavy atom. The third kappa shape index (κ3) is 35.1. The van der Waals surface area contributed by atoms with Crippen molar-refractivity contribution in [3.8, 4) is 0 Å². The van der Waals surface area contributed by atoms with E-state index in [1.54, 1.807) is 12.2 Å². The van der Waals surface area contributed by atoms with Crippen molar-refractivity contribution in [1.29, 1.82) is 0 Å². The quantitative estimate of drug-likeness (QED) is 0.0177. The maximum absolute atomic E-state index is 12.3. The Kier molecular flexibility index (Phi) is 31.9.